The van der Waals surface area contributed by atoms with E-state index in [0.29, 0.717) is 35.0 Å². The van der Waals surface area contributed by atoms with Crippen LogP contribution in [0.5, 0.6) is 11.5 Å². The van der Waals surface area contributed by atoms with Gasteiger partial charge in [-0.3, -0.25) is 9.59 Å². The largest absolute Gasteiger partial charge is 0.503 e. The molecular formula is C21H24N2O5S. The van der Waals surface area contributed by atoms with Gasteiger partial charge in [0.25, 0.3) is 5.91 Å². The normalized spacial score (nSPS) is 16.7. The Morgan fingerprint density at radius 3 is 2.59 bits per heavy atom. The number of hydrogen-bond acceptors (Lipinski definition) is 7. The molecule has 0 fully saturated rings. The van der Waals surface area contributed by atoms with Crippen molar-refractivity contribution in [3.8, 4) is 11.5 Å². The van der Waals surface area contributed by atoms with Crippen LogP contribution in [0.4, 0.5) is 0 Å². The Morgan fingerprint density at radius 2 is 2.00 bits per heavy atom. The number of aliphatic hydroxyl groups is 1. The van der Waals surface area contributed by atoms with Gasteiger partial charge in [0.15, 0.2) is 5.76 Å². The zero-order valence-corrected chi connectivity index (χ0v) is 17.7. The van der Waals surface area contributed by atoms with Gasteiger partial charge in [-0.25, -0.2) is 0 Å². The molecule has 154 valence electrons. The molecule has 2 aromatic rings. The molecule has 3 rings (SSSR count). The summed E-state index contributed by atoms with van der Waals surface area (Å²) in [6, 6.07) is 7.87. The topological polar surface area (TPSA) is 79.3 Å². The van der Waals surface area contributed by atoms with Crippen LogP contribution in [0, 0.1) is 0 Å². The number of amides is 1. The first-order chi connectivity index (χ1) is 13.9. The molecule has 2 heterocycles. The lowest BCUT2D eigenvalue weighted by atomic mass is 9.94. The fourth-order valence-corrected chi connectivity index (χ4v) is 4.02. The van der Waals surface area contributed by atoms with Crippen LogP contribution in [0.1, 0.15) is 21.3 Å². The van der Waals surface area contributed by atoms with Gasteiger partial charge in [-0.05, 0) is 43.7 Å². The summed E-state index contributed by atoms with van der Waals surface area (Å²) in [5.74, 6) is -0.383. The molecule has 0 saturated carbocycles. The number of rotatable bonds is 8. The van der Waals surface area contributed by atoms with Gasteiger partial charge in [0.1, 0.15) is 11.5 Å². The third kappa shape index (κ3) is 3.99. The monoisotopic (exact) mass is 416 g/mol. The Balaban J connectivity index is 2.15. The van der Waals surface area contributed by atoms with Crippen molar-refractivity contribution in [1.29, 1.82) is 0 Å². The molecule has 29 heavy (non-hydrogen) atoms. The van der Waals surface area contributed by atoms with E-state index in [-0.39, 0.29) is 11.4 Å². The second-order valence-electron chi connectivity index (χ2n) is 6.88. The van der Waals surface area contributed by atoms with Gasteiger partial charge in [0.2, 0.25) is 5.78 Å². The van der Waals surface area contributed by atoms with Gasteiger partial charge in [0, 0.05) is 18.7 Å². The van der Waals surface area contributed by atoms with Crippen LogP contribution in [0.25, 0.3) is 0 Å². The highest BCUT2D eigenvalue weighted by Crippen LogP contribution is 2.43. The van der Waals surface area contributed by atoms with Crippen LogP contribution < -0.4 is 9.47 Å². The number of likely N-dealkylation sites (N-methyl/N-ethyl adjacent to an activating group) is 1. The molecule has 1 aliphatic rings. The highest BCUT2D eigenvalue weighted by atomic mass is 32.1. The third-order valence-corrected chi connectivity index (χ3v) is 5.68. The molecule has 1 amide bonds. The van der Waals surface area contributed by atoms with Gasteiger partial charge in [-0.15, -0.1) is 11.3 Å². The van der Waals surface area contributed by atoms with Crippen molar-refractivity contribution in [3.63, 3.8) is 0 Å². The number of hydrogen-bond donors (Lipinski definition) is 1. The number of aliphatic hydroxyl groups excluding tert-OH is 1. The predicted molar refractivity (Wildman–Crippen MR) is 111 cm³/mol. The van der Waals surface area contributed by atoms with E-state index < -0.39 is 17.7 Å². The summed E-state index contributed by atoms with van der Waals surface area (Å²) >= 11 is 1.27. The number of benzene rings is 1. The Morgan fingerprint density at radius 1 is 1.24 bits per heavy atom. The average molecular weight is 416 g/mol. The Hall–Kier alpha value is -2.84. The highest BCUT2D eigenvalue weighted by Gasteiger charge is 2.45. The maximum atomic E-state index is 13.2. The van der Waals surface area contributed by atoms with Crippen molar-refractivity contribution >= 4 is 23.0 Å². The van der Waals surface area contributed by atoms with E-state index in [2.05, 4.69) is 0 Å². The molecule has 0 spiro atoms. The molecule has 1 aromatic heterocycles. The van der Waals surface area contributed by atoms with E-state index in [1.807, 2.05) is 19.0 Å². The summed E-state index contributed by atoms with van der Waals surface area (Å²) in [7, 11) is 6.86. The first kappa shape index (κ1) is 20.9. The molecule has 1 aliphatic heterocycles. The highest BCUT2D eigenvalue weighted by molar-refractivity contribution is 7.12. The minimum absolute atomic E-state index is 0.0581. The number of ketones is 1. The van der Waals surface area contributed by atoms with Crippen LogP contribution in [0.3, 0.4) is 0 Å². The molecule has 7 nitrogen and oxygen atoms in total. The van der Waals surface area contributed by atoms with Crippen LogP contribution in [-0.2, 0) is 4.79 Å². The van der Waals surface area contributed by atoms with E-state index in [1.165, 1.54) is 23.3 Å². The number of carbonyl (C=O) groups is 2. The molecular weight excluding hydrogens is 392 g/mol. The fraction of sp³-hybridized carbons (Fsp3) is 0.333. The molecule has 1 atom stereocenters. The SMILES string of the molecule is COc1ccc(OC)c([C@@H]2C(C(=O)c3cccs3)=C(O)C(=O)N2CCN(C)C)c1. The average Bonchev–Trinajstić information content (AvgIpc) is 3.33. The number of methoxy groups -OCH3 is 2. The third-order valence-electron chi connectivity index (χ3n) is 4.81. The second-order valence-corrected chi connectivity index (χ2v) is 7.83. The molecule has 0 saturated heterocycles. The van der Waals surface area contributed by atoms with Crippen molar-refractivity contribution in [2.75, 3.05) is 41.4 Å². The van der Waals surface area contributed by atoms with E-state index >= 15 is 0 Å². The molecule has 1 aromatic carbocycles. The van der Waals surface area contributed by atoms with Gasteiger partial charge >= 0.3 is 0 Å². The lowest BCUT2D eigenvalue weighted by Gasteiger charge is -2.29. The van der Waals surface area contributed by atoms with Crippen LogP contribution in [0.15, 0.2) is 47.0 Å². The summed E-state index contributed by atoms with van der Waals surface area (Å²) in [4.78, 5) is 30.0. The second kappa shape index (κ2) is 8.67. The van der Waals surface area contributed by atoms with E-state index in [4.69, 9.17) is 9.47 Å². The van der Waals surface area contributed by atoms with Gasteiger partial charge < -0.3 is 24.4 Å². The predicted octanol–water partition coefficient (Wildman–Crippen LogP) is 2.91. The molecule has 0 radical (unpaired) electrons. The van der Waals surface area contributed by atoms with Crippen LogP contribution >= 0.6 is 11.3 Å². The van der Waals surface area contributed by atoms with Crippen molar-refractivity contribution in [1.82, 2.24) is 9.80 Å². The summed E-state index contributed by atoms with van der Waals surface area (Å²) in [5.41, 5.74) is 0.644. The Bertz CT molecular complexity index is 937. The number of Topliss-reactive ketones (excluding diaryl/α,β-unsaturated/α-hetero) is 1. The van der Waals surface area contributed by atoms with Gasteiger partial charge in [0.05, 0.1) is 30.7 Å². The van der Waals surface area contributed by atoms with Gasteiger partial charge in [-0.2, -0.15) is 0 Å². The summed E-state index contributed by atoms with van der Waals surface area (Å²) in [6.07, 6.45) is 0. The molecule has 1 N–H and O–H groups in total. The standard InChI is InChI=1S/C21H24N2O5S/c1-22(2)9-10-23-18(14-12-13(27-3)7-8-15(14)28-4)17(20(25)21(23)26)19(24)16-6-5-11-29-16/h5-8,11-12,18,25H,9-10H2,1-4H3/t18-/m1/s1. The summed E-state index contributed by atoms with van der Waals surface area (Å²) in [6.45, 7) is 0.907. The fourth-order valence-electron chi connectivity index (χ4n) is 3.34. The van der Waals surface area contributed by atoms with Crippen molar-refractivity contribution in [2.24, 2.45) is 0 Å². The smallest absolute Gasteiger partial charge is 0.290 e. The number of nitrogens with zero attached hydrogens (tertiary/aromatic N) is 2. The van der Waals surface area contributed by atoms with E-state index in [1.54, 1.807) is 42.8 Å². The van der Waals surface area contributed by atoms with Crippen molar-refractivity contribution < 1.29 is 24.2 Å². The quantitative estimate of drug-likeness (QED) is 0.667. The Kier molecular flexibility index (Phi) is 6.24. The van der Waals surface area contributed by atoms with E-state index in [0.717, 1.165) is 0 Å². The molecule has 0 aliphatic carbocycles. The number of thiophene rings is 1. The number of ether oxygens (including phenoxy) is 2. The maximum absolute atomic E-state index is 13.2. The minimum atomic E-state index is -0.776. The Labute approximate surface area is 173 Å². The maximum Gasteiger partial charge on any atom is 0.290 e. The molecule has 0 unspecified atom stereocenters. The zero-order chi connectivity index (χ0) is 21.1. The van der Waals surface area contributed by atoms with Gasteiger partial charge in [-0.1, -0.05) is 6.07 Å². The van der Waals surface area contributed by atoms with Crippen LogP contribution in [-0.4, -0.2) is 68.0 Å². The van der Waals surface area contributed by atoms with Crippen molar-refractivity contribution in [2.45, 2.75) is 6.04 Å². The summed E-state index contributed by atoms with van der Waals surface area (Å²) in [5, 5.41) is 12.5. The van der Waals surface area contributed by atoms with E-state index in [9.17, 15) is 14.7 Å². The molecule has 8 heteroatoms. The van der Waals surface area contributed by atoms with Crippen LogP contribution in [0.2, 0.25) is 0 Å². The minimum Gasteiger partial charge on any atom is -0.503 e. The van der Waals surface area contributed by atoms with Crippen molar-refractivity contribution in [3.05, 3.63) is 57.5 Å². The first-order valence-corrected chi connectivity index (χ1v) is 9.96. The summed E-state index contributed by atoms with van der Waals surface area (Å²) < 4.78 is 10.8. The number of carbonyl (C=O) groups excluding carboxylic acids is 2. The lowest BCUT2D eigenvalue weighted by molar-refractivity contribution is -0.129. The first-order valence-electron chi connectivity index (χ1n) is 9.08. The lowest BCUT2D eigenvalue weighted by Crippen LogP contribution is -2.36. The molecule has 0 bridgehead atoms. The zero-order valence-electron chi connectivity index (χ0n) is 16.8.